The highest BCUT2D eigenvalue weighted by atomic mass is 16.2. The molecule has 3 nitrogen and oxygen atoms in total. The maximum Gasteiger partial charge on any atom is 0.237 e. The van der Waals surface area contributed by atoms with Crippen molar-refractivity contribution in [3.8, 4) is 12.3 Å². The average molecular weight is 250 g/mol. The van der Waals surface area contributed by atoms with Crippen LogP contribution in [0.5, 0.6) is 0 Å². The molecule has 0 aromatic heterocycles. The van der Waals surface area contributed by atoms with Crippen LogP contribution in [-0.4, -0.2) is 24.5 Å². The maximum absolute atomic E-state index is 11.9. The van der Waals surface area contributed by atoms with E-state index < -0.39 is 0 Å². The molecule has 0 aliphatic heterocycles. The molecule has 0 spiro atoms. The molecule has 0 saturated heterocycles. The summed E-state index contributed by atoms with van der Waals surface area (Å²) in [6.07, 6.45) is 14.2. The van der Waals surface area contributed by atoms with Crippen molar-refractivity contribution in [1.82, 2.24) is 10.6 Å². The molecule has 3 heteroatoms. The third-order valence-electron chi connectivity index (χ3n) is 3.54. The predicted molar refractivity (Wildman–Crippen MR) is 75.2 cm³/mol. The highest BCUT2D eigenvalue weighted by molar-refractivity contribution is 5.81. The van der Waals surface area contributed by atoms with Gasteiger partial charge in [0.1, 0.15) is 0 Å². The number of hydrogen-bond donors (Lipinski definition) is 2. The molecule has 1 unspecified atom stereocenters. The molecule has 1 aliphatic rings. The zero-order valence-corrected chi connectivity index (χ0v) is 11.5. The minimum absolute atomic E-state index is 0.0993. The van der Waals surface area contributed by atoms with E-state index in [0.717, 1.165) is 38.6 Å². The summed E-state index contributed by atoms with van der Waals surface area (Å²) in [5.74, 6) is 2.76. The van der Waals surface area contributed by atoms with Crippen molar-refractivity contribution in [2.45, 2.75) is 70.4 Å². The summed E-state index contributed by atoms with van der Waals surface area (Å²) in [5.41, 5.74) is 0. The predicted octanol–water partition coefficient (Wildman–Crippen LogP) is 2.22. The van der Waals surface area contributed by atoms with Gasteiger partial charge in [-0.1, -0.05) is 19.3 Å². The van der Waals surface area contributed by atoms with Crippen molar-refractivity contribution in [3.63, 3.8) is 0 Å². The van der Waals surface area contributed by atoms with Gasteiger partial charge in [0.2, 0.25) is 5.91 Å². The highest BCUT2D eigenvalue weighted by Gasteiger charge is 2.18. The first-order valence-corrected chi connectivity index (χ1v) is 7.21. The van der Waals surface area contributed by atoms with E-state index in [0.29, 0.717) is 6.04 Å². The van der Waals surface area contributed by atoms with Gasteiger partial charge in [0.05, 0.1) is 6.04 Å². The Balaban J connectivity index is 2.10. The van der Waals surface area contributed by atoms with Crippen LogP contribution in [0, 0.1) is 12.3 Å². The van der Waals surface area contributed by atoms with Gasteiger partial charge in [-0.25, -0.2) is 0 Å². The zero-order chi connectivity index (χ0) is 13.2. The second-order valence-corrected chi connectivity index (χ2v) is 5.18. The van der Waals surface area contributed by atoms with Crippen LogP contribution in [0.3, 0.4) is 0 Å². The molecule has 0 aromatic carbocycles. The number of carbonyl (C=O) groups excluding carboxylic acids is 1. The molecule has 0 bridgehead atoms. The molecule has 2 N–H and O–H groups in total. The molecular weight excluding hydrogens is 224 g/mol. The normalized spacial score (nSPS) is 18.0. The third kappa shape index (κ3) is 6.07. The van der Waals surface area contributed by atoms with E-state index in [1.807, 2.05) is 6.92 Å². The molecular formula is C15H26N2O. The second-order valence-electron chi connectivity index (χ2n) is 5.18. The molecule has 1 aliphatic carbocycles. The van der Waals surface area contributed by atoms with E-state index in [2.05, 4.69) is 16.6 Å². The Labute approximate surface area is 111 Å². The summed E-state index contributed by atoms with van der Waals surface area (Å²) < 4.78 is 0. The molecule has 1 amide bonds. The lowest BCUT2D eigenvalue weighted by molar-refractivity contribution is -0.123. The molecule has 1 rings (SSSR count). The van der Waals surface area contributed by atoms with Gasteiger partial charge in [0.15, 0.2) is 0 Å². The smallest absolute Gasteiger partial charge is 0.237 e. The summed E-state index contributed by atoms with van der Waals surface area (Å²) in [5, 5.41) is 6.39. The van der Waals surface area contributed by atoms with Crippen LogP contribution in [-0.2, 0) is 4.79 Å². The number of rotatable bonds is 7. The van der Waals surface area contributed by atoms with Gasteiger partial charge >= 0.3 is 0 Å². The number of nitrogens with one attached hydrogen (secondary N) is 2. The van der Waals surface area contributed by atoms with Gasteiger partial charge in [-0.15, -0.1) is 12.3 Å². The fourth-order valence-corrected chi connectivity index (χ4v) is 2.34. The van der Waals surface area contributed by atoms with E-state index >= 15 is 0 Å². The van der Waals surface area contributed by atoms with Crippen LogP contribution in [0.1, 0.15) is 58.3 Å². The molecule has 0 aromatic rings. The Bertz CT molecular complexity index is 277. The number of carbonyl (C=O) groups is 1. The van der Waals surface area contributed by atoms with Gasteiger partial charge in [-0.2, -0.15) is 0 Å². The summed E-state index contributed by atoms with van der Waals surface area (Å²) in [6, 6.07) is 0.301. The average Bonchev–Trinajstić information content (AvgIpc) is 2.39. The van der Waals surface area contributed by atoms with Crippen molar-refractivity contribution in [2.24, 2.45) is 0 Å². The summed E-state index contributed by atoms with van der Waals surface area (Å²) in [7, 11) is 0. The Morgan fingerprint density at radius 1 is 1.33 bits per heavy atom. The van der Waals surface area contributed by atoms with E-state index in [9.17, 15) is 4.79 Å². The highest BCUT2D eigenvalue weighted by Crippen LogP contribution is 2.17. The van der Waals surface area contributed by atoms with Gasteiger partial charge in [0.25, 0.3) is 0 Å². The fraction of sp³-hybridized carbons (Fsp3) is 0.800. The van der Waals surface area contributed by atoms with Crippen molar-refractivity contribution in [3.05, 3.63) is 0 Å². The second kappa shape index (κ2) is 8.99. The summed E-state index contributed by atoms with van der Waals surface area (Å²) in [4.78, 5) is 11.9. The van der Waals surface area contributed by atoms with E-state index in [-0.39, 0.29) is 11.9 Å². The Kier molecular flexibility index (Phi) is 7.52. The Hall–Kier alpha value is -1.01. The zero-order valence-electron chi connectivity index (χ0n) is 11.5. The van der Waals surface area contributed by atoms with Crippen molar-refractivity contribution in [2.75, 3.05) is 6.54 Å². The van der Waals surface area contributed by atoms with Gasteiger partial charge in [0, 0.05) is 12.5 Å². The Morgan fingerprint density at radius 3 is 2.72 bits per heavy atom. The lowest BCUT2D eigenvalue weighted by Gasteiger charge is -2.24. The first-order chi connectivity index (χ1) is 8.74. The fourth-order valence-electron chi connectivity index (χ4n) is 2.34. The largest absolute Gasteiger partial charge is 0.352 e. The summed E-state index contributed by atoms with van der Waals surface area (Å²) >= 11 is 0. The monoisotopic (exact) mass is 250 g/mol. The van der Waals surface area contributed by atoms with Crippen molar-refractivity contribution < 1.29 is 4.79 Å². The quantitative estimate of drug-likeness (QED) is 0.537. The molecule has 18 heavy (non-hydrogen) atoms. The molecule has 102 valence electrons. The maximum atomic E-state index is 11.9. The van der Waals surface area contributed by atoms with Crippen LogP contribution in [0.25, 0.3) is 0 Å². The van der Waals surface area contributed by atoms with Crippen LogP contribution >= 0.6 is 0 Å². The first kappa shape index (κ1) is 15.0. The van der Waals surface area contributed by atoms with Gasteiger partial charge in [-0.3, -0.25) is 4.79 Å². The number of amides is 1. The van der Waals surface area contributed by atoms with E-state index in [1.165, 1.54) is 19.3 Å². The number of hydrogen-bond acceptors (Lipinski definition) is 2. The van der Waals surface area contributed by atoms with E-state index in [4.69, 9.17) is 6.42 Å². The van der Waals surface area contributed by atoms with Crippen LogP contribution in [0.15, 0.2) is 0 Å². The number of unbranched alkanes of at least 4 members (excludes halogenated alkanes) is 2. The molecule has 0 heterocycles. The molecule has 1 atom stereocenters. The minimum Gasteiger partial charge on any atom is -0.352 e. The molecule has 0 radical (unpaired) electrons. The molecule has 1 fully saturated rings. The standard InChI is InChI=1S/C15H26N2O/c1-3-4-5-9-12-16-13(2)15(18)17-14-10-7-6-8-11-14/h1,13-14,16H,4-12H2,2H3,(H,17,18). The van der Waals surface area contributed by atoms with Crippen LogP contribution in [0.4, 0.5) is 0 Å². The van der Waals surface area contributed by atoms with Gasteiger partial charge in [-0.05, 0) is 39.2 Å². The topological polar surface area (TPSA) is 41.1 Å². The van der Waals surface area contributed by atoms with Crippen LogP contribution < -0.4 is 10.6 Å². The lowest BCUT2D eigenvalue weighted by atomic mass is 9.95. The third-order valence-corrected chi connectivity index (χ3v) is 3.54. The van der Waals surface area contributed by atoms with Crippen molar-refractivity contribution >= 4 is 5.91 Å². The first-order valence-electron chi connectivity index (χ1n) is 7.21. The Morgan fingerprint density at radius 2 is 2.06 bits per heavy atom. The van der Waals surface area contributed by atoms with Gasteiger partial charge < -0.3 is 10.6 Å². The lowest BCUT2D eigenvalue weighted by Crippen LogP contribution is -2.47. The van der Waals surface area contributed by atoms with Crippen molar-refractivity contribution in [1.29, 1.82) is 0 Å². The van der Waals surface area contributed by atoms with E-state index in [1.54, 1.807) is 0 Å². The SMILES string of the molecule is C#CCCCCNC(C)C(=O)NC1CCCCC1. The van der Waals surface area contributed by atoms with Crippen LogP contribution in [0.2, 0.25) is 0 Å². The number of terminal acetylenes is 1. The summed E-state index contributed by atoms with van der Waals surface area (Å²) in [6.45, 7) is 2.79. The molecule has 1 saturated carbocycles. The minimum atomic E-state index is -0.0993.